The van der Waals surface area contributed by atoms with Crippen LogP contribution in [0.15, 0.2) is 24.3 Å². The summed E-state index contributed by atoms with van der Waals surface area (Å²) in [5.74, 6) is -1.11. The third-order valence-electron chi connectivity index (χ3n) is 2.39. The first-order valence-electron chi connectivity index (χ1n) is 5.71. The molecule has 1 rings (SSSR count). The second-order valence-electron chi connectivity index (χ2n) is 3.88. The van der Waals surface area contributed by atoms with E-state index < -0.39 is 5.97 Å². The van der Waals surface area contributed by atoms with E-state index in [0.717, 1.165) is 6.42 Å². The fourth-order valence-electron chi connectivity index (χ4n) is 1.51. The van der Waals surface area contributed by atoms with Crippen molar-refractivity contribution in [1.29, 1.82) is 0 Å². The van der Waals surface area contributed by atoms with Crippen LogP contribution in [-0.2, 0) is 16.0 Å². The molecule has 2 N–H and O–H groups in total. The van der Waals surface area contributed by atoms with E-state index in [0.29, 0.717) is 18.7 Å². The van der Waals surface area contributed by atoms with Gasteiger partial charge in [0.1, 0.15) is 0 Å². The van der Waals surface area contributed by atoms with E-state index >= 15 is 0 Å². The van der Waals surface area contributed by atoms with E-state index in [2.05, 4.69) is 5.32 Å². The predicted octanol–water partition coefficient (Wildman–Crippen LogP) is 1.08. The summed E-state index contributed by atoms with van der Waals surface area (Å²) in [7, 11) is 1.61. The monoisotopic (exact) mass is 251 g/mol. The lowest BCUT2D eigenvalue weighted by molar-refractivity contribution is -0.120. The van der Waals surface area contributed by atoms with Gasteiger partial charge in [0.25, 0.3) is 0 Å². The minimum atomic E-state index is -0.989. The molecule has 0 spiro atoms. The van der Waals surface area contributed by atoms with Crippen LogP contribution in [-0.4, -0.2) is 37.2 Å². The molecule has 0 heterocycles. The van der Waals surface area contributed by atoms with Crippen molar-refractivity contribution in [3.8, 4) is 0 Å². The quantitative estimate of drug-likeness (QED) is 0.711. The van der Waals surface area contributed by atoms with E-state index in [1.54, 1.807) is 19.2 Å². The molecule has 18 heavy (non-hydrogen) atoms. The standard InChI is InChI=1S/C13H17NO4/c1-18-7-3-6-14-12(15)9-10-4-2-5-11(8-10)13(16)17/h2,4-5,8H,3,6-7,9H2,1H3,(H,14,15)(H,16,17). The van der Waals surface area contributed by atoms with Gasteiger partial charge >= 0.3 is 5.97 Å². The van der Waals surface area contributed by atoms with Gasteiger partial charge in [0, 0.05) is 20.3 Å². The Hall–Kier alpha value is -1.88. The first kappa shape index (κ1) is 14.2. The van der Waals surface area contributed by atoms with Crippen LogP contribution in [0.25, 0.3) is 0 Å². The zero-order chi connectivity index (χ0) is 13.4. The van der Waals surface area contributed by atoms with Crippen molar-refractivity contribution < 1.29 is 19.4 Å². The summed E-state index contributed by atoms with van der Waals surface area (Å²) in [6, 6.07) is 6.39. The minimum Gasteiger partial charge on any atom is -0.478 e. The molecule has 5 nitrogen and oxygen atoms in total. The van der Waals surface area contributed by atoms with Crippen molar-refractivity contribution in [2.75, 3.05) is 20.3 Å². The molecule has 0 aliphatic carbocycles. The smallest absolute Gasteiger partial charge is 0.335 e. The normalized spacial score (nSPS) is 10.1. The Labute approximate surface area is 106 Å². The molecule has 0 aliphatic rings. The highest BCUT2D eigenvalue weighted by Crippen LogP contribution is 2.06. The van der Waals surface area contributed by atoms with Gasteiger partial charge in [-0.1, -0.05) is 12.1 Å². The van der Waals surface area contributed by atoms with Gasteiger partial charge in [-0.05, 0) is 24.1 Å². The van der Waals surface area contributed by atoms with Crippen LogP contribution in [0.5, 0.6) is 0 Å². The number of hydrogen-bond donors (Lipinski definition) is 2. The average molecular weight is 251 g/mol. The summed E-state index contributed by atoms with van der Waals surface area (Å²) in [5, 5.41) is 11.6. The zero-order valence-corrected chi connectivity index (χ0v) is 10.3. The second kappa shape index (κ2) is 7.45. The maximum absolute atomic E-state index is 11.6. The maximum atomic E-state index is 11.6. The highest BCUT2D eigenvalue weighted by atomic mass is 16.5. The van der Waals surface area contributed by atoms with Crippen LogP contribution in [0.1, 0.15) is 22.3 Å². The molecule has 1 aromatic rings. The lowest BCUT2D eigenvalue weighted by Crippen LogP contribution is -2.26. The van der Waals surface area contributed by atoms with Crippen LogP contribution in [0.3, 0.4) is 0 Å². The first-order valence-corrected chi connectivity index (χ1v) is 5.71. The average Bonchev–Trinajstić information content (AvgIpc) is 2.35. The molecule has 0 radical (unpaired) electrons. The number of ether oxygens (including phenoxy) is 1. The van der Waals surface area contributed by atoms with Gasteiger partial charge in [0.2, 0.25) is 5.91 Å². The van der Waals surface area contributed by atoms with Gasteiger partial charge in [-0.25, -0.2) is 4.79 Å². The number of benzene rings is 1. The lowest BCUT2D eigenvalue weighted by Gasteiger charge is -2.05. The third kappa shape index (κ3) is 4.97. The van der Waals surface area contributed by atoms with Gasteiger partial charge in [0.05, 0.1) is 12.0 Å². The van der Waals surface area contributed by atoms with Gasteiger partial charge in [0.15, 0.2) is 0 Å². The fourth-order valence-corrected chi connectivity index (χ4v) is 1.51. The van der Waals surface area contributed by atoms with Crippen LogP contribution < -0.4 is 5.32 Å². The largest absolute Gasteiger partial charge is 0.478 e. The summed E-state index contributed by atoms with van der Waals surface area (Å²) in [6.45, 7) is 1.17. The Morgan fingerprint density at radius 2 is 2.17 bits per heavy atom. The second-order valence-corrected chi connectivity index (χ2v) is 3.88. The third-order valence-corrected chi connectivity index (χ3v) is 2.39. The summed E-state index contributed by atoms with van der Waals surface area (Å²) in [4.78, 5) is 22.3. The Morgan fingerprint density at radius 1 is 1.39 bits per heavy atom. The van der Waals surface area contributed by atoms with E-state index in [1.165, 1.54) is 12.1 Å². The molecule has 0 unspecified atom stereocenters. The summed E-state index contributed by atoms with van der Waals surface area (Å²) in [5.41, 5.74) is 0.888. The number of rotatable bonds is 7. The molecule has 0 fully saturated rings. The number of nitrogens with one attached hydrogen (secondary N) is 1. The van der Waals surface area contributed by atoms with Crippen LogP contribution in [0.2, 0.25) is 0 Å². The summed E-state index contributed by atoms with van der Waals surface area (Å²) in [6.07, 6.45) is 0.950. The molecular formula is C13H17NO4. The lowest BCUT2D eigenvalue weighted by atomic mass is 10.1. The molecule has 0 saturated carbocycles. The molecule has 0 atom stereocenters. The number of methoxy groups -OCH3 is 1. The number of carbonyl (C=O) groups excluding carboxylic acids is 1. The molecule has 0 aliphatic heterocycles. The molecule has 0 aromatic heterocycles. The Morgan fingerprint density at radius 3 is 2.83 bits per heavy atom. The van der Waals surface area contributed by atoms with Crippen molar-refractivity contribution in [1.82, 2.24) is 5.32 Å². The number of carbonyl (C=O) groups is 2. The number of carboxylic acids is 1. The Kier molecular flexibility index (Phi) is 5.87. The van der Waals surface area contributed by atoms with E-state index in [9.17, 15) is 9.59 Å². The zero-order valence-electron chi connectivity index (χ0n) is 10.3. The molecule has 5 heteroatoms. The van der Waals surface area contributed by atoms with Gasteiger partial charge in [-0.15, -0.1) is 0 Å². The van der Waals surface area contributed by atoms with E-state index in [1.807, 2.05) is 0 Å². The van der Waals surface area contributed by atoms with Gasteiger partial charge < -0.3 is 15.2 Å². The highest BCUT2D eigenvalue weighted by Gasteiger charge is 2.06. The first-order chi connectivity index (χ1) is 8.63. The van der Waals surface area contributed by atoms with Crippen molar-refractivity contribution in [2.24, 2.45) is 0 Å². The molecule has 1 aromatic carbocycles. The summed E-state index contributed by atoms with van der Waals surface area (Å²) < 4.78 is 4.87. The van der Waals surface area contributed by atoms with Crippen molar-refractivity contribution in [3.05, 3.63) is 35.4 Å². The SMILES string of the molecule is COCCCNC(=O)Cc1cccc(C(=O)O)c1. The fraction of sp³-hybridized carbons (Fsp3) is 0.385. The van der Waals surface area contributed by atoms with Crippen molar-refractivity contribution in [2.45, 2.75) is 12.8 Å². The van der Waals surface area contributed by atoms with Crippen molar-refractivity contribution in [3.63, 3.8) is 0 Å². The number of carboxylic acid groups (broad SMARTS) is 1. The van der Waals surface area contributed by atoms with Gasteiger partial charge in [-0.2, -0.15) is 0 Å². The maximum Gasteiger partial charge on any atom is 0.335 e. The molecule has 0 saturated heterocycles. The van der Waals surface area contributed by atoms with Crippen molar-refractivity contribution >= 4 is 11.9 Å². The van der Waals surface area contributed by atoms with Crippen LogP contribution in [0.4, 0.5) is 0 Å². The minimum absolute atomic E-state index is 0.117. The van der Waals surface area contributed by atoms with Crippen LogP contribution in [0, 0.1) is 0 Å². The van der Waals surface area contributed by atoms with Gasteiger partial charge in [-0.3, -0.25) is 4.79 Å². The number of aromatic carboxylic acids is 1. The highest BCUT2D eigenvalue weighted by molar-refractivity contribution is 5.88. The van der Waals surface area contributed by atoms with E-state index in [4.69, 9.17) is 9.84 Å². The van der Waals surface area contributed by atoms with E-state index in [-0.39, 0.29) is 17.9 Å². The molecule has 98 valence electrons. The molecular weight excluding hydrogens is 234 g/mol. The molecule has 0 bridgehead atoms. The Balaban J connectivity index is 2.44. The topological polar surface area (TPSA) is 75.6 Å². The Bertz CT molecular complexity index is 417. The summed E-state index contributed by atoms with van der Waals surface area (Å²) >= 11 is 0. The predicted molar refractivity (Wildman–Crippen MR) is 66.6 cm³/mol. The number of amides is 1. The van der Waals surface area contributed by atoms with Crippen LogP contribution >= 0.6 is 0 Å². The number of hydrogen-bond acceptors (Lipinski definition) is 3. The molecule has 1 amide bonds.